The minimum absolute atomic E-state index is 0.00596. The summed E-state index contributed by atoms with van der Waals surface area (Å²) in [5, 5.41) is 10.1. The Balaban J connectivity index is 2.88. The van der Waals surface area contributed by atoms with Crippen molar-refractivity contribution in [1.29, 1.82) is 0 Å². The van der Waals surface area contributed by atoms with Crippen molar-refractivity contribution < 1.29 is 5.11 Å². The van der Waals surface area contributed by atoms with Crippen LogP contribution in [0, 0.1) is 0 Å². The van der Waals surface area contributed by atoms with Gasteiger partial charge in [0.25, 0.3) is 0 Å². The van der Waals surface area contributed by atoms with Crippen LogP contribution in [0.3, 0.4) is 0 Å². The molecule has 5 N–H and O–H groups in total. The minimum Gasteiger partial charge on any atom is -0.397 e. The third kappa shape index (κ3) is 2.58. The molecule has 4 nitrogen and oxygen atoms in total. The largest absolute Gasteiger partial charge is 0.397 e. The second-order valence-corrected chi connectivity index (χ2v) is 3.54. The summed E-state index contributed by atoms with van der Waals surface area (Å²) in [5.74, 6) is 5.63. The van der Waals surface area contributed by atoms with E-state index in [1.165, 1.54) is 5.01 Å². The molecule has 0 fully saturated rings. The molecule has 0 saturated carbocycles. The van der Waals surface area contributed by atoms with Crippen molar-refractivity contribution in [2.45, 2.75) is 0 Å². The van der Waals surface area contributed by atoms with Crippen molar-refractivity contribution in [3.8, 4) is 0 Å². The van der Waals surface area contributed by atoms with Gasteiger partial charge in [-0.05, 0) is 18.2 Å². The summed E-state index contributed by atoms with van der Waals surface area (Å²) in [6, 6.07) is 5.42. The van der Waals surface area contributed by atoms with Gasteiger partial charge in [0.05, 0.1) is 24.5 Å². The topological polar surface area (TPSA) is 75.5 Å². The number of rotatable bonds is 3. The van der Waals surface area contributed by atoms with E-state index in [0.29, 0.717) is 12.2 Å². The summed E-state index contributed by atoms with van der Waals surface area (Å²) in [6.07, 6.45) is 0. The van der Waals surface area contributed by atoms with Crippen LogP contribution in [0.5, 0.6) is 0 Å². The molecular formula is C8H12BrN3O. The lowest BCUT2D eigenvalue weighted by atomic mass is 10.2. The van der Waals surface area contributed by atoms with Crippen molar-refractivity contribution in [3.05, 3.63) is 22.7 Å². The molecule has 1 aromatic rings. The van der Waals surface area contributed by atoms with Crippen molar-refractivity contribution >= 4 is 27.3 Å². The van der Waals surface area contributed by atoms with Gasteiger partial charge in [0, 0.05) is 4.47 Å². The van der Waals surface area contributed by atoms with Crippen LogP contribution in [0.2, 0.25) is 0 Å². The van der Waals surface area contributed by atoms with E-state index in [2.05, 4.69) is 15.9 Å². The molecule has 0 unspecified atom stereocenters. The molecule has 0 spiro atoms. The molecule has 0 aliphatic heterocycles. The Hall–Kier alpha value is -0.780. The van der Waals surface area contributed by atoms with Gasteiger partial charge in [-0.1, -0.05) is 15.9 Å². The highest BCUT2D eigenvalue weighted by atomic mass is 79.9. The molecule has 0 bridgehead atoms. The predicted molar refractivity (Wildman–Crippen MR) is 57.2 cm³/mol. The summed E-state index contributed by atoms with van der Waals surface area (Å²) in [5.41, 5.74) is 7.03. The van der Waals surface area contributed by atoms with E-state index in [-0.39, 0.29) is 6.61 Å². The zero-order chi connectivity index (χ0) is 9.84. The fourth-order valence-electron chi connectivity index (χ4n) is 1.02. The van der Waals surface area contributed by atoms with Crippen molar-refractivity contribution in [2.75, 3.05) is 23.9 Å². The minimum atomic E-state index is 0.00596. The molecule has 0 heterocycles. The van der Waals surface area contributed by atoms with Gasteiger partial charge in [0.2, 0.25) is 0 Å². The van der Waals surface area contributed by atoms with Gasteiger partial charge in [-0.15, -0.1) is 0 Å². The lowest BCUT2D eigenvalue weighted by Crippen LogP contribution is -2.34. The third-order valence-electron chi connectivity index (χ3n) is 1.64. The molecule has 13 heavy (non-hydrogen) atoms. The lowest BCUT2D eigenvalue weighted by Gasteiger charge is -2.19. The van der Waals surface area contributed by atoms with Crippen LogP contribution in [0.4, 0.5) is 11.4 Å². The number of nitrogens with two attached hydrogens (primary N) is 2. The Labute approximate surface area is 85.2 Å². The Morgan fingerprint density at radius 2 is 2.15 bits per heavy atom. The Morgan fingerprint density at radius 3 is 2.69 bits per heavy atom. The monoisotopic (exact) mass is 245 g/mol. The van der Waals surface area contributed by atoms with E-state index in [1.807, 2.05) is 6.07 Å². The van der Waals surface area contributed by atoms with Crippen LogP contribution in [0.1, 0.15) is 0 Å². The van der Waals surface area contributed by atoms with Crippen LogP contribution in [0.25, 0.3) is 0 Å². The Bertz CT molecular complexity index is 293. The molecule has 0 amide bonds. The highest BCUT2D eigenvalue weighted by molar-refractivity contribution is 9.10. The highest BCUT2D eigenvalue weighted by Crippen LogP contribution is 2.24. The lowest BCUT2D eigenvalue weighted by molar-refractivity contribution is 0.302. The Morgan fingerprint density at radius 1 is 1.46 bits per heavy atom. The average molecular weight is 246 g/mol. The molecule has 72 valence electrons. The van der Waals surface area contributed by atoms with Crippen molar-refractivity contribution in [1.82, 2.24) is 0 Å². The summed E-state index contributed by atoms with van der Waals surface area (Å²) in [6.45, 7) is 0.373. The molecule has 0 aliphatic carbocycles. The fraction of sp³-hybridized carbons (Fsp3) is 0.250. The van der Waals surface area contributed by atoms with Crippen LogP contribution < -0.4 is 16.6 Å². The SMILES string of the molecule is Nc1cc(Br)ccc1N(N)CCO. The normalized spacial score (nSPS) is 10.1. The molecule has 0 radical (unpaired) electrons. The van der Waals surface area contributed by atoms with Gasteiger partial charge in [0.15, 0.2) is 0 Å². The maximum Gasteiger partial charge on any atom is 0.0748 e. The van der Waals surface area contributed by atoms with E-state index in [9.17, 15) is 0 Å². The first-order valence-electron chi connectivity index (χ1n) is 3.83. The van der Waals surface area contributed by atoms with Crippen LogP contribution >= 0.6 is 15.9 Å². The number of hydrogen-bond donors (Lipinski definition) is 3. The number of hydrogen-bond acceptors (Lipinski definition) is 4. The average Bonchev–Trinajstić information content (AvgIpc) is 2.04. The number of aliphatic hydroxyl groups excluding tert-OH is 1. The maximum atomic E-state index is 8.67. The molecule has 1 aromatic carbocycles. The molecule has 1 rings (SSSR count). The first-order chi connectivity index (χ1) is 6.15. The van der Waals surface area contributed by atoms with Gasteiger partial charge < -0.3 is 15.8 Å². The fourth-order valence-corrected chi connectivity index (χ4v) is 1.39. The zero-order valence-electron chi connectivity index (χ0n) is 7.07. The third-order valence-corrected chi connectivity index (χ3v) is 2.13. The first kappa shape index (κ1) is 10.3. The molecule has 0 aromatic heterocycles. The summed E-state index contributed by atoms with van der Waals surface area (Å²) < 4.78 is 0.908. The number of hydrazine groups is 1. The first-order valence-corrected chi connectivity index (χ1v) is 4.62. The van der Waals surface area contributed by atoms with E-state index < -0.39 is 0 Å². The van der Waals surface area contributed by atoms with Crippen LogP contribution in [-0.4, -0.2) is 18.3 Å². The number of halogens is 1. The van der Waals surface area contributed by atoms with Crippen LogP contribution in [0.15, 0.2) is 22.7 Å². The quantitative estimate of drug-likeness (QED) is 0.417. The molecule has 5 heteroatoms. The molecular weight excluding hydrogens is 234 g/mol. The van der Waals surface area contributed by atoms with Gasteiger partial charge in [-0.3, -0.25) is 0 Å². The number of nitrogens with zero attached hydrogens (tertiary/aromatic N) is 1. The summed E-state index contributed by atoms with van der Waals surface area (Å²) >= 11 is 3.30. The highest BCUT2D eigenvalue weighted by Gasteiger charge is 2.04. The van der Waals surface area contributed by atoms with Crippen molar-refractivity contribution in [2.24, 2.45) is 5.84 Å². The molecule has 0 atom stereocenters. The van der Waals surface area contributed by atoms with Gasteiger partial charge >= 0.3 is 0 Å². The Kier molecular flexibility index (Phi) is 3.53. The maximum absolute atomic E-state index is 8.67. The summed E-state index contributed by atoms with van der Waals surface area (Å²) in [7, 11) is 0. The van der Waals surface area contributed by atoms with E-state index in [1.54, 1.807) is 12.1 Å². The van der Waals surface area contributed by atoms with Crippen molar-refractivity contribution in [3.63, 3.8) is 0 Å². The van der Waals surface area contributed by atoms with E-state index >= 15 is 0 Å². The van der Waals surface area contributed by atoms with Crippen LogP contribution in [-0.2, 0) is 0 Å². The second-order valence-electron chi connectivity index (χ2n) is 2.62. The summed E-state index contributed by atoms with van der Waals surface area (Å²) in [4.78, 5) is 0. The zero-order valence-corrected chi connectivity index (χ0v) is 8.66. The van der Waals surface area contributed by atoms with E-state index in [0.717, 1.165) is 10.2 Å². The molecule has 0 saturated heterocycles. The standard InChI is InChI=1S/C8H12BrN3O/c9-6-1-2-8(7(10)5-6)12(11)3-4-13/h1-2,5,13H,3-4,10-11H2. The smallest absolute Gasteiger partial charge is 0.0748 e. The van der Waals surface area contributed by atoms with Gasteiger partial charge in [-0.25, -0.2) is 5.84 Å². The number of benzene rings is 1. The number of anilines is 2. The number of nitrogen functional groups attached to an aromatic ring is 1. The second kappa shape index (κ2) is 4.45. The van der Waals surface area contributed by atoms with E-state index in [4.69, 9.17) is 16.7 Å². The van der Waals surface area contributed by atoms with Gasteiger partial charge in [-0.2, -0.15) is 0 Å². The molecule has 0 aliphatic rings. The van der Waals surface area contributed by atoms with Gasteiger partial charge in [0.1, 0.15) is 0 Å². The number of aliphatic hydroxyl groups is 1. The predicted octanol–water partition coefficient (Wildman–Crippen LogP) is 0.704.